The quantitative estimate of drug-likeness (QED) is 0.772. The standard InChI is InChI=1S/C19H33NO6/c1-16(2,3)26-15(22)20-10-4-5-17(13-20,14-21)18(23)6-8-19(9-7-18)24-11-12-25-19/h21,23H,4-14H2,1-3H3. The van der Waals surface area contributed by atoms with Crippen LogP contribution in [0.25, 0.3) is 0 Å². The summed E-state index contributed by atoms with van der Waals surface area (Å²) in [6, 6.07) is 0. The largest absolute Gasteiger partial charge is 0.444 e. The third kappa shape index (κ3) is 3.72. The Hall–Kier alpha value is -0.890. The van der Waals surface area contributed by atoms with Gasteiger partial charge in [-0.2, -0.15) is 0 Å². The smallest absolute Gasteiger partial charge is 0.410 e. The fraction of sp³-hybridized carbons (Fsp3) is 0.947. The molecule has 26 heavy (non-hydrogen) atoms. The molecule has 1 saturated carbocycles. The fourth-order valence-electron chi connectivity index (χ4n) is 4.63. The zero-order valence-electron chi connectivity index (χ0n) is 16.3. The zero-order chi connectivity index (χ0) is 19.1. The number of nitrogens with zero attached hydrogens (tertiary/aromatic N) is 1. The van der Waals surface area contributed by atoms with Crippen LogP contribution in [0.15, 0.2) is 0 Å². The summed E-state index contributed by atoms with van der Waals surface area (Å²) in [5, 5.41) is 21.7. The Morgan fingerprint density at radius 1 is 1.12 bits per heavy atom. The van der Waals surface area contributed by atoms with Crippen LogP contribution >= 0.6 is 0 Å². The van der Waals surface area contributed by atoms with Gasteiger partial charge in [-0.3, -0.25) is 0 Å². The molecule has 0 radical (unpaired) electrons. The number of aliphatic hydroxyl groups is 2. The van der Waals surface area contributed by atoms with E-state index in [-0.39, 0.29) is 12.7 Å². The number of amides is 1. The van der Waals surface area contributed by atoms with E-state index in [2.05, 4.69) is 0 Å². The van der Waals surface area contributed by atoms with Crippen LogP contribution in [0.5, 0.6) is 0 Å². The van der Waals surface area contributed by atoms with E-state index in [1.165, 1.54) is 0 Å². The molecule has 0 aromatic carbocycles. The first-order valence-corrected chi connectivity index (χ1v) is 9.72. The molecule has 1 amide bonds. The van der Waals surface area contributed by atoms with Crippen LogP contribution in [0.3, 0.4) is 0 Å². The highest BCUT2D eigenvalue weighted by Gasteiger charge is 2.57. The average molecular weight is 371 g/mol. The second kappa shape index (κ2) is 6.93. The van der Waals surface area contributed by atoms with E-state index in [4.69, 9.17) is 14.2 Å². The molecule has 2 heterocycles. The molecule has 7 nitrogen and oxygen atoms in total. The topological polar surface area (TPSA) is 88.5 Å². The van der Waals surface area contributed by atoms with Crippen molar-refractivity contribution >= 4 is 6.09 Å². The molecule has 3 rings (SSSR count). The molecular weight excluding hydrogens is 338 g/mol. The molecule has 2 saturated heterocycles. The highest BCUT2D eigenvalue weighted by Crippen LogP contribution is 2.51. The van der Waals surface area contributed by atoms with Crippen LogP contribution < -0.4 is 0 Å². The van der Waals surface area contributed by atoms with Crippen LogP contribution in [0.1, 0.15) is 59.3 Å². The monoisotopic (exact) mass is 371 g/mol. The molecule has 0 bridgehead atoms. The zero-order valence-corrected chi connectivity index (χ0v) is 16.3. The first kappa shape index (κ1) is 19.9. The maximum absolute atomic E-state index is 12.5. The number of aliphatic hydroxyl groups excluding tert-OH is 1. The van der Waals surface area contributed by atoms with E-state index < -0.39 is 22.4 Å². The van der Waals surface area contributed by atoms with Gasteiger partial charge in [-0.05, 0) is 46.5 Å². The van der Waals surface area contributed by atoms with Crippen molar-refractivity contribution < 1.29 is 29.2 Å². The van der Waals surface area contributed by atoms with Crippen LogP contribution in [-0.4, -0.2) is 71.1 Å². The molecule has 0 aromatic heterocycles. The van der Waals surface area contributed by atoms with Gasteiger partial charge in [0, 0.05) is 31.3 Å². The van der Waals surface area contributed by atoms with E-state index in [9.17, 15) is 15.0 Å². The highest BCUT2D eigenvalue weighted by atomic mass is 16.7. The number of likely N-dealkylation sites (tertiary alicyclic amines) is 1. The lowest BCUT2D eigenvalue weighted by atomic mass is 9.61. The van der Waals surface area contributed by atoms with Crippen LogP contribution in [0, 0.1) is 5.41 Å². The van der Waals surface area contributed by atoms with Gasteiger partial charge >= 0.3 is 6.09 Å². The number of carbonyl (C=O) groups excluding carboxylic acids is 1. The van der Waals surface area contributed by atoms with Gasteiger partial charge in [-0.25, -0.2) is 4.79 Å². The van der Waals surface area contributed by atoms with Crippen molar-refractivity contribution in [1.82, 2.24) is 4.90 Å². The Bertz CT molecular complexity index is 515. The van der Waals surface area contributed by atoms with Gasteiger partial charge in [0.2, 0.25) is 0 Å². The molecule has 2 aliphatic heterocycles. The molecule has 7 heteroatoms. The molecular formula is C19H33NO6. The molecule has 1 atom stereocenters. The minimum Gasteiger partial charge on any atom is -0.444 e. The Morgan fingerprint density at radius 3 is 2.27 bits per heavy atom. The number of hydrogen-bond donors (Lipinski definition) is 2. The van der Waals surface area contributed by atoms with E-state index >= 15 is 0 Å². The van der Waals surface area contributed by atoms with Crippen molar-refractivity contribution in [1.29, 1.82) is 0 Å². The number of hydrogen-bond acceptors (Lipinski definition) is 6. The first-order valence-electron chi connectivity index (χ1n) is 9.72. The molecule has 3 aliphatic rings. The third-order valence-electron chi connectivity index (χ3n) is 6.17. The van der Waals surface area contributed by atoms with Crippen molar-refractivity contribution in [3.63, 3.8) is 0 Å². The Balaban J connectivity index is 1.72. The van der Waals surface area contributed by atoms with Gasteiger partial charge in [0.05, 0.1) is 25.4 Å². The molecule has 3 fully saturated rings. The van der Waals surface area contributed by atoms with Crippen molar-refractivity contribution in [3.05, 3.63) is 0 Å². The Kier molecular flexibility index (Phi) is 5.29. The van der Waals surface area contributed by atoms with Crippen LogP contribution in [0.2, 0.25) is 0 Å². The van der Waals surface area contributed by atoms with E-state index in [0.717, 1.165) is 6.42 Å². The second-order valence-electron chi connectivity index (χ2n) is 9.08. The van der Waals surface area contributed by atoms with Gasteiger partial charge in [0.15, 0.2) is 5.79 Å². The fourth-order valence-corrected chi connectivity index (χ4v) is 4.63. The Morgan fingerprint density at radius 2 is 1.73 bits per heavy atom. The van der Waals surface area contributed by atoms with Gasteiger partial charge < -0.3 is 29.3 Å². The predicted molar refractivity (Wildman–Crippen MR) is 94.6 cm³/mol. The Labute approximate surface area is 155 Å². The molecule has 2 N–H and O–H groups in total. The normalized spacial score (nSPS) is 31.2. The number of rotatable bonds is 2. The van der Waals surface area contributed by atoms with Crippen molar-refractivity contribution in [2.75, 3.05) is 32.9 Å². The van der Waals surface area contributed by atoms with Crippen molar-refractivity contribution in [2.45, 2.75) is 76.3 Å². The molecule has 1 aliphatic carbocycles. The molecule has 1 spiro atoms. The van der Waals surface area contributed by atoms with Gasteiger partial charge in [0.1, 0.15) is 5.60 Å². The first-order chi connectivity index (χ1) is 12.1. The summed E-state index contributed by atoms with van der Waals surface area (Å²) in [5.74, 6) is -0.567. The summed E-state index contributed by atoms with van der Waals surface area (Å²) in [5.41, 5.74) is -2.34. The number of piperidine rings is 1. The number of ether oxygens (including phenoxy) is 3. The average Bonchev–Trinajstić information content (AvgIpc) is 3.05. The van der Waals surface area contributed by atoms with Crippen molar-refractivity contribution in [3.8, 4) is 0 Å². The summed E-state index contributed by atoms with van der Waals surface area (Å²) in [6.07, 6.45) is 3.25. The summed E-state index contributed by atoms with van der Waals surface area (Å²) in [6.45, 7) is 7.44. The van der Waals surface area contributed by atoms with Gasteiger partial charge in [-0.1, -0.05) is 0 Å². The maximum atomic E-state index is 12.5. The van der Waals surface area contributed by atoms with E-state index in [0.29, 0.717) is 58.4 Å². The molecule has 150 valence electrons. The van der Waals surface area contributed by atoms with Gasteiger partial charge in [-0.15, -0.1) is 0 Å². The SMILES string of the molecule is CC(C)(C)OC(=O)N1CCCC(CO)(C2(O)CCC3(CC2)OCCO3)C1. The number of carbonyl (C=O) groups is 1. The predicted octanol–water partition coefficient (Wildman–Crippen LogP) is 2.04. The van der Waals surface area contributed by atoms with E-state index in [1.807, 2.05) is 20.8 Å². The molecule has 0 aromatic rings. The maximum Gasteiger partial charge on any atom is 0.410 e. The lowest BCUT2D eigenvalue weighted by Crippen LogP contribution is -2.62. The lowest BCUT2D eigenvalue weighted by Gasteiger charge is -2.54. The summed E-state index contributed by atoms with van der Waals surface area (Å²) in [7, 11) is 0. The van der Waals surface area contributed by atoms with Crippen LogP contribution in [0.4, 0.5) is 4.79 Å². The summed E-state index contributed by atoms with van der Waals surface area (Å²) in [4.78, 5) is 14.1. The second-order valence-corrected chi connectivity index (χ2v) is 9.08. The third-order valence-corrected chi connectivity index (χ3v) is 6.17. The minimum atomic E-state index is -1.04. The highest BCUT2D eigenvalue weighted by molar-refractivity contribution is 5.68. The molecule has 1 unspecified atom stereocenters. The lowest BCUT2D eigenvalue weighted by molar-refractivity contribution is -0.233. The minimum absolute atomic E-state index is 0.155. The summed E-state index contributed by atoms with van der Waals surface area (Å²) >= 11 is 0. The summed E-state index contributed by atoms with van der Waals surface area (Å²) < 4.78 is 17.0. The van der Waals surface area contributed by atoms with Gasteiger partial charge in [0.25, 0.3) is 0 Å². The van der Waals surface area contributed by atoms with Crippen molar-refractivity contribution in [2.24, 2.45) is 5.41 Å². The van der Waals surface area contributed by atoms with E-state index in [1.54, 1.807) is 4.90 Å². The van der Waals surface area contributed by atoms with Crippen LogP contribution in [-0.2, 0) is 14.2 Å².